The Kier molecular flexibility index (Phi) is 5.70. The molecule has 1 aromatic carbocycles. The Morgan fingerprint density at radius 3 is 2.91 bits per heavy atom. The van der Waals surface area contributed by atoms with E-state index in [4.69, 9.17) is 0 Å². The van der Waals surface area contributed by atoms with Crippen LogP contribution < -0.4 is 10.6 Å². The van der Waals surface area contributed by atoms with Crippen LogP contribution in [0.15, 0.2) is 34.5 Å². The quantitative estimate of drug-likeness (QED) is 0.816. The smallest absolute Gasteiger partial charge is 0.251 e. The number of nitrogens with zero attached hydrogens (tertiary/aromatic N) is 1. The van der Waals surface area contributed by atoms with Crippen LogP contribution in [0.2, 0.25) is 0 Å². The first-order valence-electron chi connectivity index (χ1n) is 7.86. The summed E-state index contributed by atoms with van der Waals surface area (Å²) in [6, 6.07) is 8.08. The maximum Gasteiger partial charge on any atom is 0.251 e. The molecule has 1 aliphatic heterocycles. The predicted octanol–water partition coefficient (Wildman–Crippen LogP) is 3.23. The largest absolute Gasteiger partial charge is 0.348 e. The molecule has 0 unspecified atom stereocenters. The molecule has 0 saturated carbocycles. The number of thioether (sulfide) groups is 1. The third kappa shape index (κ3) is 4.80. The van der Waals surface area contributed by atoms with Crippen molar-refractivity contribution in [3.8, 4) is 0 Å². The van der Waals surface area contributed by atoms with E-state index in [1.165, 1.54) is 0 Å². The second-order valence-electron chi connectivity index (χ2n) is 5.69. The van der Waals surface area contributed by atoms with Gasteiger partial charge in [-0.15, -0.1) is 23.1 Å². The van der Waals surface area contributed by atoms with E-state index in [2.05, 4.69) is 21.0 Å². The Morgan fingerprint density at radius 2 is 2.26 bits per heavy atom. The van der Waals surface area contributed by atoms with Crippen molar-refractivity contribution in [3.63, 3.8) is 0 Å². The van der Waals surface area contributed by atoms with E-state index in [-0.39, 0.29) is 11.9 Å². The average molecular weight is 348 g/mol. The SMILES string of the molecule is Cc1nc(CSc2ccc(C(=O)N[C@H]3CCCNC3)cc2)cs1. The zero-order chi connectivity index (χ0) is 16.1. The highest BCUT2D eigenvalue weighted by Gasteiger charge is 2.16. The van der Waals surface area contributed by atoms with Gasteiger partial charge in [-0.25, -0.2) is 4.98 Å². The van der Waals surface area contributed by atoms with Gasteiger partial charge in [-0.05, 0) is 50.6 Å². The molecule has 0 aliphatic carbocycles. The molecule has 1 atom stereocenters. The maximum absolute atomic E-state index is 12.3. The first-order valence-corrected chi connectivity index (χ1v) is 9.73. The van der Waals surface area contributed by atoms with E-state index < -0.39 is 0 Å². The molecule has 1 amide bonds. The number of piperidine rings is 1. The number of aryl methyl sites for hydroxylation is 1. The molecule has 3 rings (SSSR count). The van der Waals surface area contributed by atoms with Gasteiger partial charge in [0.2, 0.25) is 0 Å². The van der Waals surface area contributed by atoms with Crippen LogP contribution in [0.1, 0.15) is 33.9 Å². The number of amides is 1. The van der Waals surface area contributed by atoms with Crippen molar-refractivity contribution in [2.45, 2.75) is 36.5 Å². The molecule has 0 spiro atoms. The van der Waals surface area contributed by atoms with Crippen molar-refractivity contribution < 1.29 is 4.79 Å². The molecule has 4 nitrogen and oxygen atoms in total. The van der Waals surface area contributed by atoms with Gasteiger partial charge in [-0.2, -0.15) is 0 Å². The van der Waals surface area contributed by atoms with E-state index in [9.17, 15) is 4.79 Å². The highest BCUT2D eigenvalue weighted by molar-refractivity contribution is 7.98. The van der Waals surface area contributed by atoms with Crippen molar-refractivity contribution in [3.05, 3.63) is 45.9 Å². The molecule has 2 heterocycles. The molecule has 2 N–H and O–H groups in total. The second kappa shape index (κ2) is 7.95. The third-order valence-corrected chi connectivity index (χ3v) is 5.67. The van der Waals surface area contributed by atoms with Crippen LogP contribution in [-0.4, -0.2) is 30.0 Å². The summed E-state index contributed by atoms with van der Waals surface area (Å²) in [6.07, 6.45) is 2.18. The van der Waals surface area contributed by atoms with Crippen molar-refractivity contribution in [2.75, 3.05) is 13.1 Å². The monoisotopic (exact) mass is 347 g/mol. The fraction of sp³-hybridized carbons (Fsp3) is 0.412. The molecular weight excluding hydrogens is 326 g/mol. The highest BCUT2D eigenvalue weighted by atomic mass is 32.2. The lowest BCUT2D eigenvalue weighted by Crippen LogP contribution is -2.45. The molecule has 0 bridgehead atoms. The van der Waals surface area contributed by atoms with Crippen molar-refractivity contribution in [1.29, 1.82) is 0 Å². The van der Waals surface area contributed by atoms with Crippen molar-refractivity contribution in [2.24, 2.45) is 0 Å². The lowest BCUT2D eigenvalue weighted by molar-refractivity contribution is 0.0930. The standard InChI is InChI=1S/C17H21N3OS2/c1-12-19-15(10-22-12)11-23-16-6-4-13(5-7-16)17(21)20-14-3-2-8-18-9-14/h4-7,10,14,18H,2-3,8-9,11H2,1H3,(H,20,21)/t14-/m0/s1. The van der Waals surface area contributed by atoms with Crippen LogP contribution in [0.5, 0.6) is 0 Å². The summed E-state index contributed by atoms with van der Waals surface area (Å²) < 4.78 is 0. The van der Waals surface area contributed by atoms with Gasteiger partial charge in [0.1, 0.15) is 0 Å². The van der Waals surface area contributed by atoms with Gasteiger partial charge in [0.05, 0.1) is 10.7 Å². The average Bonchev–Trinajstić information content (AvgIpc) is 3.00. The number of benzene rings is 1. The molecule has 0 radical (unpaired) electrons. The first-order chi connectivity index (χ1) is 11.2. The third-order valence-electron chi connectivity index (χ3n) is 3.80. The van der Waals surface area contributed by atoms with E-state index in [0.717, 1.165) is 52.8 Å². The molecule has 23 heavy (non-hydrogen) atoms. The summed E-state index contributed by atoms with van der Waals surface area (Å²) >= 11 is 3.43. The number of hydrogen-bond donors (Lipinski definition) is 2. The normalized spacial score (nSPS) is 17.9. The summed E-state index contributed by atoms with van der Waals surface area (Å²) in [5, 5.41) is 9.61. The predicted molar refractivity (Wildman–Crippen MR) is 96.2 cm³/mol. The van der Waals surface area contributed by atoms with Gasteiger partial charge in [-0.1, -0.05) is 0 Å². The zero-order valence-electron chi connectivity index (χ0n) is 13.2. The summed E-state index contributed by atoms with van der Waals surface area (Å²) in [6.45, 7) is 3.94. The number of hydrogen-bond acceptors (Lipinski definition) is 5. The van der Waals surface area contributed by atoms with Gasteiger partial charge in [-0.3, -0.25) is 4.79 Å². The zero-order valence-corrected chi connectivity index (χ0v) is 14.8. The van der Waals surface area contributed by atoms with Crippen LogP contribution in [0.3, 0.4) is 0 Å². The Hall–Kier alpha value is -1.37. The first kappa shape index (κ1) is 16.5. The van der Waals surface area contributed by atoms with Crippen LogP contribution in [0.4, 0.5) is 0 Å². The van der Waals surface area contributed by atoms with Crippen LogP contribution in [0.25, 0.3) is 0 Å². The Labute approximate surface area is 145 Å². The Bertz CT molecular complexity index is 648. The van der Waals surface area contributed by atoms with Gasteiger partial charge in [0.15, 0.2) is 0 Å². The number of aromatic nitrogens is 1. The Balaban J connectivity index is 1.52. The van der Waals surface area contributed by atoms with Crippen molar-refractivity contribution >= 4 is 29.0 Å². The second-order valence-corrected chi connectivity index (χ2v) is 7.80. The molecule has 122 valence electrons. The summed E-state index contributed by atoms with van der Waals surface area (Å²) in [7, 11) is 0. The van der Waals surface area contributed by atoms with Crippen LogP contribution >= 0.6 is 23.1 Å². The van der Waals surface area contributed by atoms with E-state index >= 15 is 0 Å². The minimum Gasteiger partial charge on any atom is -0.348 e. The lowest BCUT2D eigenvalue weighted by atomic mass is 10.1. The molecule has 1 saturated heterocycles. The maximum atomic E-state index is 12.3. The fourth-order valence-electron chi connectivity index (χ4n) is 2.58. The number of carbonyl (C=O) groups is 1. The topological polar surface area (TPSA) is 54.0 Å². The molecule has 1 aliphatic rings. The molecular formula is C17H21N3OS2. The van der Waals surface area contributed by atoms with E-state index in [1.54, 1.807) is 23.1 Å². The van der Waals surface area contributed by atoms with Gasteiger partial charge in [0.25, 0.3) is 5.91 Å². The van der Waals surface area contributed by atoms with Crippen LogP contribution in [0, 0.1) is 6.92 Å². The van der Waals surface area contributed by atoms with Gasteiger partial charge >= 0.3 is 0 Å². The van der Waals surface area contributed by atoms with E-state index in [0.29, 0.717) is 0 Å². The number of nitrogens with one attached hydrogen (secondary N) is 2. The number of carbonyl (C=O) groups excluding carboxylic acids is 1. The highest BCUT2D eigenvalue weighted by Crippen LogP contribution is 2.23. The molecule has 1 aromatic heterocycles. The summed E-state index contributed by atoms with van der Waals surface area (Å²) in [5.74, 6) is 0.884. The lowest BCUT2D eigenvalue weighted by Gasteiger charge is -2.23. The number of thiazole rings is 1. The summed E-state index contributed by atoms with van der Waals surface area (Å²) in [4.78, 5) is 17.9. The van der Waals surface area contributed by atoms with E-state index in [1.807, 2.05) is 31.2 Å². The molecule has 2 aromatic rings. The van der Waals surface area contributed by atoms with Crippen molar-refractivity contribution in [1.82, 2.24) is 15.6 Å². The fourth-order valence-corrected chi connectivity index (χ4v) is 4.09. The summed E-state index contributed by atoms with van der Waals surface area (Å²) in [5.41, 5.74) is 1.84. The molecule has 1 fully saturated rings. The number of rotatable bonds is 5. The van der Waals surface area contributed by atoms with Gasteiger partial charge in [0, 0.05) is 34.2 Å². The minimum absolute atomic E-state index is 0.0189. The Morgan fingerprint density at radius 1 is 1.43 bits per heavy atom. The minimum atomic E-state index is 0.0189. The van der Waals surface area contributed by atoms with Gasteiger partial charge < -0.3 is 10.6 Å². The van der Waals surface area contributed by atoms with Crippen LogP contribution in [-0.2, 0) is 5.75 Å². The molecule has 6 heteroatoms.